The highest BCUT2D eigenvalue weighted by molar-refractivity contribution is 7.20. The summed E-state index contributed by atoms with van der Waals surface area (Å²) in [6, 6.07) is 2.10. The summed E-state index contributed by atoms with van der Waals surface area (Å²) in [5, 5.41) is 5.45. The molecule has 20 heavy (non-hydrogen) atoms. The van der Waals surface area contributed by atoms with Crippen LogP contribution in [0.1, 0.15) is 29.2 Å². The molecule has 2 aromatic rings. The van der Waals surface area contributed by atoms with Gasteiger partial charge in [0, 0.05) is 19.0 Å². The number of nitrogens with zero attached hydrogens (tertiary/aromatic N) is 3. The molecule has 1 fully saturated rings. The number of amides is 1. The lowest BCUT2D eigenvalue weighted by atomic mass is 10.2. The minimum atomic E-state index is 0.105. The molecule has 1 saturated heterocycles. The largest absolute Gasteiger partial charge is 0.375 e. The maximum absolute atomic E-state index is 12.7. The molecule has 3 heterocycles. The second-order valence-electron chi connectivity index (χ2n) is 5.49. The molecule has 0 saturated carbocycles. The predicted molar refractivity (Wildman–Crippen MR) is 79.2 cm³/mol. The van der Waals surface area contributed by atoms with Crippen molar-refractivity contribution >= 4 is 27.5 Å². The quantitative estimate of drug-likeness (QED) is 0.810. The van der Waals surface area contributed by atoms with Gasteiger partial charge in [0.2, 0.25) is 0 Å². The molecule has 2 aromatic heterocycles. The lowest BCUT2D eigenvalue weighted by Crippen LogP contribution is -2.50. The van der Waals surface area contributed by atoms with E-state index < -0.39 is 0 Å². The highest BCUT2D eigenvalue weighted by Crippen LogP contribution is 2.29. The normalized spacial score (nSPS) is 23.5. The fourth-order valence-electron chi connectivity index (χ4n) is 2.64. The van der Waals surface area contributed by atoms with Gasteiger partial charge in [-0.3, -0.25) is 9.48 Å². The second kappa shape index (κ2) is 4.86. The van der Waals surface area contributed by atoms with E-state index in [4.69, 9.17) is 4.74 Å². The first-order chi connectivity index (χ1) is 9.47. The van der Waals surface area contributed by atoms with Crippen molar-refractivity contribution < 1.29 is 9.53 Å². The number of carbonyl (C=O) groups is 1. The van der Waals surface area contributed by atoms with Gasteiger partial charge >= 0.3 is 0 Å². The molecular formula is C14H19N3O2S. The molecule has 0 spiro atoms. The molecular weight excluding hydrogens is 274 g/mol. The predicted octanol–water partition coefficient (Wildman–Crippen LogP) is 2.19. The van der Waals surface area contributed by atoms with E-state index in [0.29, 0.717) is 13.2 Å². The molecule has 6 heteroatoms. The fourth-order valence-corrected chi connectivity index (χ4v) is 3.72. The van der Waals surface area contributed by atoms with Crippen molar-refractivity contribution in [3.05, 3.63) is 16.6 Å². The highest BCUT2D eigenvalue weighted by atomic mass is 32.1. The molecule has 3 rings (SSSR count). The number of hydrogen-bond acceptors (Lipinski definition) is 4. The fraction of sp³-hybridized carbons (Fsp3) is 0.571. The maximum atomic E-state index is 12.7. The number of fused-ring (bicyclic) bond motifs is 1. The van der Waals surface area contributed by atoms with E-state index in [1.807, 2.05) is 43.5 Å². The van der Waals surface area contributed by atoms with Gasteiger partial charge in [0.1, 0.15) is 4.83 Å². The van der Waals surface area contributed by atoms with Gasteiger partial charge in [-0.25, -0.2) is 0 Å². The van der Waals surface area contributed by atoms with Gasteiger partial charge in [-0.15, -0.1) is 11.3 Å². The van der Waals surface area contributed by atoms with Crippen molar-refractivity contribution in [1.82, 2.24) is 14.7 Å². The molecule has 0 N–H and O–H groups in total. The Morgan fingerprint density at radius 3 is 2.95 bits per heavy atom. The monoisotopic (exact) mass is 293 g/mol. The molecule has 1 amide bonds. The van der Waals surface area contributed by atoms with E-state index >= 15 is 0 Å². The Morgan fingerprint density at radius 2 is 2.25 bits per heavy atom. The van der Waals surface area contributed by atoms with Crippen LogP contribution in [0, 0.1) is 6.92 Å². The number of aryl methyl sites for hydroxylation is 2. The Bertz CT molecular complexity index is 626. The summed E-state index contributed by atoms with van der Waals surface area (Å²) in [6.45, 7) is 7.28. The maximum Gasteiger partial charge on any atom is 0.264 e. The number of aromatic nitrogens is 2. The second-order valence-corrected chi connectivity index (χ2v) is 6.52. The summed E-state index contributed by atoms with van der Waals surface area (Å²) in [4.78, 5) is 16.5. The molecule has 0 bridgehead atoms. The minimum Gasteiger partial charge on any atom is -0.375 e. The Labute approximate surface area is 122 Å². The lowest BCUT2D eigenvalue weighted by Gasteiger charge is -2.36. The minimum absolute atomic E-state index is 0.105. The van der Waals surface area contributed by atoms with Crippen LogP contribution in [0.15, 0.2) is 6.07 Å². The van der Waals surface area contributed by atoms with E-state index in [1.54, 1.807) is 0 Å². The molecule has 1 aliphatic rings. The van der Waals surface area contributed by atoms with Crippen LogP contribution in [0.2, 0.25) is 0 Å². The van der Waals surface area contributed by atoms with E-state index in [-0.39, 0.29) is 18.1 Å². The molecule has 0 aliphatic carbocycles. The van der Waals surface area contributed by atoms with Gasteiger partial charge in [0.15, 0.2) is 0 Å². The first kappa shape index (κ1) is 13.6. The van der Waals surface area contributed by atoms with Crippen LogP contribution in [0.5, 0.6) is 0 Å². The number of ether oxygens (including phenoxy) is 1. The standard InChI is InChI=1S/C14H19N3O2S/c1-8-7-19-9(2)6-17(8)13(18)12-5-11-10(3)15-16(4)14(11)20-12/h5,8-9H,6-7H2,1-4H3/t8-,9-/m0/s1. The van der Waals surface area contributed by atoms with Crippen LogP contribution >= 0.6 is 11.3 Å². The molecule has 0 aromatic carbocycles. The zero-order valence-corrected chi connectivity index (χ0v) is 13.0. The summed E-state index contributed by atoms with van der Waals surface area (Å²) in [6.07, 6.45) is 0.105. The Hall–Kier alpha value is -1.40. The number of carbonyl (C=O) groups excluding carboxylic acids is 1. The summed E-state index contributed by atoms with van der Waals surface area (Å²) >= 11 is 1.52. The third-order valence-electron chi connectivity index (χ3n) is 3.78. The van der Waals surface area contributed by atoms with Crippen molar-refractivity contribution in [2.24, 2.45) is 7.05 Å². The average molecular weight is 293 g/mol. The number of thiophene rings is 1. The van der Waals surface area contributed by atoms with Crippen LogP contribution in [-0.2, 0) is 11.8 Å². The van der Waals surface area contributed by atoms with Gasteiger partial charge in [-0.05, 0) is 26.8 Å². The third-order valence-corrected chi connectivity index (χ3v) is 4.97. The van der Waals surface area contributed by atoms with Gasteiger partial charge in [0.05, 0.1) is 29.3 Å². The zero-order valence-electron chi connectivity index (χ0n) is 12.2. The van der Waals surface area contributed by atoms with Crippen LogP contribution in [0.3, 0.4) is 0 Å². The van der Waals surface area contributed by atoms with Crippen LogP contribution in [0.25, 0.3) is 10.2 Å². The van der Waals surface area contributed by atoms with Crippen molar-refractivity contribution in [1.29, 1.82) is 0 Å². The molecule has 0 unspecified atom stereocenters. The summed E-state index contributed by atoms with van der Waals surface area (Å²) in [5.74, 6) is 0.105. The summed E-state index contributed by atoms with van der Waals surface area (Å²) < 4.78 is 7.43. The van der Waals surface area contributed by atoms with E-state index in [9.17, 15) is 4.79 Å². The topological polar surface area (TPSA) is 47.4 Å². The van der Waals surface area contributed by atoms with E-state index in [2.05, 4.69) is 5.10 Å². The first-order valence-corrected chi connectivity index (χ1v) is 7.64. The molecule has 1 aliphatic heterocycles. The SMILES string of the molecule is Cc1nn(C)c2sc(C(=O)N3C[C@H](C)OC[C@@H]3C)cc12. The van der Waals surface area contributed by atoms with Crippen LogP contribution in [-0.4, -0.2) is 45.9 Å². The van der Waals surface area contributed by atoms with Crippen molar-refractivity contribution in [2.45, 2.75) is 32.9 Å². The van der Waals surface area contributed by atoms with Crippen molar-refractivity contribution in [3.63, 3.8) is 0 Å². The molecule has 2 atom stereocenters. The Morgan fingerprint density at radius 1 is 1.50 bits per heavy atom. The Kier molecular flexibility index (Phi) is 3.30. The van der Waals surface area contributed by atoms with E-state index in [0.717, 1.165) is 20.8 Å². The van der Waals surface area contributed by atoms with E-state index in [1.165, 1.54) is 11.3 Å². The highest BCUT2D eigenvalue weighted by Gasteiger charge is 2.29. The number of rotatable bonds is 1. The van der Waals surface area contributed by atoms with Gasteiger partial charge in [-0.2, -0.15) is 5.10 Å². The van der Waals surface area contributed by atoms with Crippen LogP contribution in [0.4, 0.5) is 0 Å². The molecule has 5 nitrogen and oxygen atoms in total. The molecule has 0 radical (unpaired) electrons. The number of hydrogen-bond donors (Lipinski definition) is 0. The summed E-state index contributed by atoms with van der Waals surface area (Å²) in [7, 11) is 1.92. The zero-order chi connectivity index (χ0) is 14.4. The smallest absolute Gasteiger partial charge is 0.264 e. The van der Waals surface area contributed by atoms with Crippen molar-refractivity contribution in [2.75, 3.05) is 13.2 Å². The first-order valence-electron chi connectivity index (χ1n) is 6.83. The number of morpholine rings is 1. The van der Waals surface area contributed by atoms with Gasteiger partial charge in [0.25, 0.3) is 5.91 Å². The average Bonchev–Trinajstić information content (AvgIpc) is 2.95. The Balaban J connectivity index is 1.93. The molecule has 108 valence electrons. The lowest BCUT2D eigenvalue weighted by molar-refractivity contribution is -0.0385. The van der Waals surface area contributed by atoms with Gasteiger partial charge < -0.3 is 9.64 Å². The summed E-state index contributed by atoms with van der Waals surface area (Å²) in [5.41, 5.74) is 0.973. The third kappa shape index (κ3) is 2.13. The van der Waals surface area contributed by atoms with Crippen molar-refractivity contribution in [3.8, 4) is 0 Å². The van der Waals surface area contributed by atoms with Crippen LogP contribution < -0.4 is 0 Å². The van der Waals surface area contributed by atoms with Gasteiger partial charge in [-0.1, -0.05) is 0 Å².